The minimum atomic E-state index is -0.204. The van der Waals surface area contributed by atoms with E-state index in [0.29, 0.717) is 28.8 Å². The van der Waals surface area contributed by atoms with E-state index in [0.717, 1.165) is 54.7 Å². The highest BCUT2D eigenvalue weighted by Crippen LogP contribution is 2.30. The molecule has 0 atom stereocenters. The number of carbonyl (C=O) groups is 2. The summed E-state index contributed by atoms with van der Waals surface area (Å²) in [5.74, 6) is 0.534. The Labute approximate surface area is 221 Å². The van der Waals surface area contributed by atoms with E-state index in [1.54, 1.807) is 6.07 Å². The van der Waals surface area contributed by atoms with Crippen LogP contribution in [0.15, 0.2) is 77.2 Å². The van der Waals surface area contributed by atoms with Crippen molar-refractivity contribution in [2.75, 3.05) is 31.5 Å². The summed E-state index contributed by atoms with van der Waals surface area (Å²) in [6, 6.07) is 23.5. The van der Waals surface area contributed by atoms with E-state index in [9.17, 15) is 9.59 Å². The second-order valence-electron chi connectivity index (χ2n) is 9.55. The molecule has 5 rings (SSSR count). The van der Waals surface area contributed by atoms with E-state index in [-0.39, 0.29) is 11.8 Å². The summed E-state index contributed by atoms with van der Waals surface area (Å²) in [6.45, 7) is 4.83. The zero-order chi connectivity index (χ0) is 25.8. The first kappa shape index (κ1) is 25.1. The zero-order valence-electron chi connectivity index (χ0n) is 20.8. The average Bonchev–Trinajstić information content (AvgIpc) is 3.33. The topological polar surface area (TPSA) is 74.6 Å². The third-order valence-electron chi connectivity index (χ3n) is 6.88. The lowest BCUT2D eigenvalue weighted by atomic mass is 9.89. The van der Waals surface area contributed by atoms with Gasteiger partial charge in [-0.25, -0.2) is 0 Å². The van der Waals surface area contributed by atoms with Crippen LogP contribution in [-0.2, 0) is 4.79 Å². The number of hydrogen-bond acceptors (Lipinski definition) is 4. The summed E-state index contributed by atoms with van der Waals surface area (Å²) in [6.07, 6.45) is 2.10. The Morgan fingerprint density at radius 1 is 0.973 bits per heavy atom. The first-order valence-electron chi connectivity index (χ1n) is 12.6. The van der Waals surface area contributed by atoms with Gasteiger partial charge in [0.1, 0.15) is 5.58 Å². The smallest absolute Gasteiger partial charge is 0.287 e. The fourth-order valence-electron chi connectivity index (χ4n) is 4.98. The number of benzene rings is 3. The van der Waals surface area contributed by atoms with E-state index in [2.05, 4.69) is 27.7 Å². The monoisotopic (exact) mass is 515 g/mol. The quantitative estimate of drug-likeness (QED) is 0.302. The number of carbonyl (C=O) groups excluding carboxylic acids is 2. The number of nitrogens with zero attached hydrogens (tertiary/aromatic N) is 1. The van der Waals surface area contributed by atoms with E-state index in [4.69, 9.17) is 16.0 Å². The molecule has 0 aliphatic carbocycles. The van der Waals surface area contributed by atoms with Crippen LogP contribution in [-0.4, -0.2) is 42.9 Å². The van der Waals surface area contributed by atoms with Gasteiger partial charge in [-0.3, -0.25) is 9.59 Å². The van der Waals surface area contributed by atoms with Gasteiger partial charge >= 0.3 is 0 Å². The highest BCUT2D eigenvalue weighted by atomic mass is 35.5. The van der Waals surface area contributed by atoms with Crippen LogP contribution in [0.3, 0.4) is 0 Å². The lowest BCUT2D eigenvalue weighted by molar-refractivity contribution is -0.114. The van der Waals surface area contributed by atoms with Crippen LogP contribution in [0.5, 0.6) is 0 Å². The molecule has 1 aliphatic heterocycles. The molecule has 190 valence electrons. The molecule has 2 amide bonds. The molecule has 6 nitrogen and oxygen atoms in total. The average molecular weight is 516 g/mol. The van der Waals surface area contributed by atoms with Crippen LogP contribution in [0.4, 0.5) is 5.69 Å². The SMILES string of the molecule is CC(=O)Nc1cccc(C2CCN(CCNC(=O)c3cc4cc(-c5cccc(Cl)c5)ccc4o3)CC2)c1. The van der Waals surface area contributed by atoms with E-state index < -0.39 is 0 Å². The van der Waals surface area contributed by atoms with Gasteiger partial charge in [0.25, 0.3) is 5.91 Å². The van der Waals surface area contributed by atoms with Crippen LogP contribution in [0.1, 0.15) is 41.8 Å². The maximum absolute atomic E-state index is 12.7. The fourth-order valence-corrected chi connectivity index (χ4v) is 5.17. The van der Waals surface area contributed by atoms with E-state index in [1.165, 1.54) is 12.5 Å². The van der Waals surface area contributed by atoms with Gasteiger partial charge in [0.2, 0.25) is 5.91 Å². The van der Waals surface area contributed by atoms with Crippen LogP contribution in [0, 0.1) is 0 Å². The van der Waals surface area contributed by atoms with Gasteiger partial charge in [0, 0.05) is 36.1 Å². The van der Waals surface area contributed by atoms with E-state index in [1.807, 2.05) is 54.6 Å². The summed E-state index contributed by atoms with van der Waals surface area (Å²) < 4.78 is 5.81. The number of nitrogens with one attached hydrogen (secondary N) is 2. The number of likely N-dealkylation sites (tertiary alicyclic amines) is 1. The van der Waals surface area contributed by atoms with Crippen molar-refractivity contribution in [1.82, 2.24) is 10.2 Å². The molecule has 0 unspecified atom stereocenters. The number of piperidine rings is 1. The van der Waals surface area contributed by atoms with Crippen LogP contribution in [0.2, 0.25) is 5.02 Å². The Morgan fingerprint density at radius 2 is 1.76 bits per heavy atom. The molecule has 1 saturated heterocycles. The molecule has 1 fully saturated rings. The maximum Gasteiger partial charge on any atom is 0.287 e. The van der Waals surface area contributed by atoms with Gasteiger partial charge in [-0.15, -0.1) is 0 Å². The van der Waals surface area contributed by atoms with Crippen molar-refractivity contribution in [3.8, 4) is 11.1 Å². The van der Waals surface area contributed by atoms with Crippen molar-refractivity contribution in [1.29, 1.82) is 0 Å². The fraction of sp³-hybridized carbons (Fsp3) is 0.267. The van der Waals surface area contributed by atoms with Gasteiger partial charge in [-0.2, -0.15) is 0 Å². The van der Waals surface area contributed by atoms with Crippen molar-refractivity contribution in [2.45, 2.75) is 25.7 Å². The summed E-state index contributed by atoms with van der Waals surface area (Å²) in [7, 11) is 0. The number of hydrogen-bond donors (Lipinski definition) is 2. The number of rotatable bonds is 7. The minimum Gasteiger partial charge on any atom is -0.451 e. The first-order chi connectivity index (χ1) is 17.9. The van der Waals surface area contributed by atoms with Gasteiger partial charge in [0.15, 0.2) is 5.76 Å². The molecule has 4 aromatic rings. The van der Waals surface area contributed by atoms with Crippen molar-refractivity contribution >= 4 is 40.1 Å². The van der Waals surface area contributed by atoms with Crippen LogP contribution in [0.25, 0.3) is 22.1 Å². The Kier molecular flexibility index (Phi) is 7.58. The highest BCUT2D eigenvalue weighted by molar-refractivity contribution is 6.30. The highest BCUT2D eigenvalue weighted by Gasteiger charge is 2.21. The molecule has 3 aromatic carbocycles. The maximum atomic E-state index is 12.7. The van der Waals surface area contributed by atoms with E-state index >= 15 is 0 Å². The van der Waals surface area contributed by atoms with Crippen molar-refractivity contribution in [3.63, 3.8) is 0 Å². The Bertz CT molecular complexity index is 1420. The van der Waals surface area contributed by atoms with Gasteiger partial charge in [-0.1, -0.05) is 41.9 Å². The molecule has 0 saturated carbocycles. The number of amides is 2. The number of halogens is 1. The third-order valence-corrected chi connectivity index (χ3v) is 7.11. The summed E-state index contributed by atoms with van der Waals surface area (Å²) in [5.41, 5.74) is 4.84. The molecule has 1 aromatic heterocycles. The summed E-state index contributed by atoms with van der Waals surface area (Å²) >= 11 is 6.13. The van der Waals surface area contributed by atoms with Gasteiger partial charge in [0.05, 0.1) is 0 Å². The van der Waals surface area contributed by atoms with Crippen molar-refractivity contribution < 1.29 is 14.0 Å². The summed E-state index contributed by atoms with van der Waals surface area (Å²) in [4.78, 5) is 26.5. The second-order valence-corrected chi connectivity index (χ2v) is 9.99. The lowest BCUT2D eigenvalue weighted by Crippen LogP contribution is -2.39. The molecular weight excluding hydrogens is 486 g/mol. The van der Waals surface area contributed by atoms with Gasteiger partial charge in [-0.05, 0) is 91.0 Å². The minimum absolute atomic E-state index is 0.0565. The molecule has 37 heavy (non-hydrogen) atoms. The standard InChI is InChI=1S/C30H30ClN3O3/c1-20(35)33-27-7-3-5-23(18-27)21-10-13-34(14-11-21)15-12-32-30(36)29-19-25-16-24(8-9-28(25)37-29)22-4-2-6-26(31)17-22/h2-9,16-19,21H,10-15H2,1H3,(H,32,36)(H,33,35). The second kappa shape index (κ2) is 11.2. The molecule has 0 radical (unpaired) electrons. The molecule has 0 bridgehead atoms. The number of anilines is 1. The van der Waals surface area contributed by atoms with Crippen LogP contribution >= 0.6 is 11.6 Å². The first-order valence-corrected chi connectivity index (χ1v) is 13.0. The van der Waals surface area contributed by atoms with Crippen molar-refractivity contribution in [2.24, 2.45) is 0 Å². The molecule has 7 heteroatoms. The third kappa shape index (κ3) is 6.21. The lowest BCUT2D eigenvalue weighted by Gasteiger charge is -2.32. The molecular formula is C30H30ClN3O3. The molecule has 1 aliphatic rings. The molecule has 2 N–H and O–H groups in total. The normalized spacial score (nSPS) is 14.5. The van der Waals surface area contributed by atoms with Crippen molar-refractivity contribution in [3.05, 3.63) is 89.1 Å². The number of furan rings is 1. The predicted octanol–water partition coefficient (Wildman–Crippen LogP) is 6.32. The predicted molar refractivity (Wildman–Crippen MR) is 148 cm³/mol. The Hall–Kier alpha value is -3.61. The largest absolute Gasteiger partial charge is 0.451 e. The molecule has 0 spiro atoms. The Balaban J connectivity index is 1.12. The van der Waals surface area contributed by atoms with Gasteiger partial charge < -0.3 is 20.0 Å². The zero-order valence-corrected chi connectivity index (χ0v) is 21.6. The number of fused-ring (bicyclic) bond motifs is 1. The Morgan fingerprint density at radius 3 is 2.54 bits per heavy atom. The van der Waals surface area contributed by atoms with Crippen LogP contribution < -0.4 is 10.6 Å². The summed E-state index contributed by atoms with van der Waals surface area (Å²) in [5, 5.41) is 7.43. The molecule has 2 heterocycles.